The number of nitrogens with zero attached hydrogens (tertiary/aromatic N) is 1. The molecule has 2 aromatic rings. The van der Waals surface area contributed by atoms with Crippen LogP contribution in [0.1, 0.15) is 53.1 Å². The standard InChI is InChI=1S/C23H25N3O4S/c1-14(2)20(26-21(28)15-8-4-3-5-9-15)23(29)30-13-19(27)25-22-17(12-24)16-10-6-7-11-18(16)31-22/h3-5,8-9,14,20H,6-7,10-11,13H2,1-2H3,(H,25,27)(H,26,28). The Morgan fingerprint density at radius 2 is 1.87 bits per heavy atom. The number of fused-ring (bicyclic) bond motifs is 1. The first-order valence-electron chi connectivity index (χ1n) is 10.3. The molecule has 1 atom stereocenters. The summed E-state index contributed by atoms with van der Waals surface area (Å²) in [5.74, 6) is -1.80. The number of benzene rings is 1. The second-order valence-electron chi connectivity index (χ2n) is 7.74. The molecule has 2 N–H and O–H groups in total. The predicted molar refractivity (Wildman–Crippen MR) is 118 cm³/mol. The number of nitrogens with one attached hydrogen (secondary N) is 2. The van der Waals surface area contributed by atoms with Gasteiger partial charge in [0.15, 0.2) is 6.61 Å². The first kappa shape index (κ1) is 22.5. The van der Waals surface area contributed by atoms with Gasteiger partial charge in [-0.15, -0.1) is 11.3 Å². The smallest absolute Gasteiger partial charge is 0.329 e. The van der Waals surface area contributed by atoms with Gasteiger partial charge in [0.2, 0.25) is 0 Å². The zero-order valence-electron chi connectivity index (χ0n) is 17.6. The van der Waals surface area contributed by atoms with Crippen molar-refractivity contribution in [2.45, 2.75) is 45.6 Å². The highest BCUT2D eigenvalue weighted by Crippen LogP contribution is 2.37. The quantitative estimate of drug-likeness (QED) is 0.643. The maximum atomic E-state index is 12.5. The number of anilines is 1. The topological polar surface area (TPSA) is 108 Å². The lowest BCUT2D eigenvalue weighted by Crippen LogP contribution is -2.45. The zero-order chi connectivity index (χ0) is 22.4. The molecule has 0 aliphatic heterocycles. The Morgan fingerprint density at radius 1 is 1.16 bits per heavy atom. The number of nitriles is 1. The minimum Gasteiger partial charge on any atom is -0.454 e. The summed E-state index contributed by atoms with van der Waals surface area (Å²) in [6.45, 7) is 3.08. The van der Waals surface area contributed by atoms with Crippen molar-refractivity contribution < 1.29 is 19.1 Å². The molecular weight excluding hydrogens is 414 g/mol. The van der Waals surface area contributed by atoms with Gasteiger partial charge in [0, 0.05) is 10.4 Å². The van der Waals surface area contributed by atoms with Gasteiger partial charge in [-0.3, -0.25) is 9.59 Å². The molecule has 1 aromatic carbocycles. The van der Waals surface area contributed by atoms with E-state index in [0.717, 1.165) is 36.1 Å². The van der Waals surface area contributed by atoms with Crippen LogP contribution in [0.2, 0.25) is 0 Å². The van der Waals surface area contributed by atoms with E-state index >= 15 is 0 Å². The summed E-state index contributed by atoms with van der Waals surface area (Å²) in [4.78, 5) is 38.4. The average molecular weight is 440 g/mol. The maximum absolute atomic E-state index is 12.5. The Balaban J connectivity index is 1.58. The van der Waals surface area contributed by atoms with E-state index in [1.165, 1.54) is 11.3 Å². The molecule has 0 saturated carbocycles. The molecule has 31 heavy (non-hydrogen) atoms. The van der Waals surface area contributed by atoms with E-state index in [1.807, 2.05) is 0 Å². The minimum absolute atomic E-state index is 0.225. The fourth-order valence-corrected chi connectivity index (χ4v) is 4.73. The van der Waals surface area contributed by atoms with Gasteiger partial charge in [0.1, 0.15) is 17.1 Å². The normalized spacial score (nSPS) is 13.6. The van der Waals surface area contributed by atoms with Crippen molar-refractivity contribution in [3.05, 3.63) is 51.9 Å². The molecule has 0 bridgehead atoms. The minimum atomic E-state index is -0.885. The Labute approximate surface area is 185 Å². The van der Waals surface area contributed by atoms with E-state index in [2.05, 4.69) is 16.7 Å². The number of rotatable bonds is 7. The molecule has 1 aliphatic carbocycles. The van der Waals surface area contributed by atoms with Gasteiger partial charge in [0.05, 0.1) is 5.56 Å². The number of aryl methyl sites for hydroxylation is 1. The van der Waals surface area contributed by atoms with Gasteiger partial charge in [-0.1, -0.05) is 32.0 Å². The number of carbonyl (C=O) groups is 3. The Bertz CT molecular complexity index is 1010. The van der Waals surface area contributed by atoms with Gasteiger partial charge in [-0.2, -0.15) is 5.26 Å². The molecule has 162 valence electrons. The van der Waals surface area contributed by atoms with Crippen LogP contribution in [0.25, 0.3) is 0 Å². The van der Waals surface area contributed by atoms with Crippen molar-refractivity contribution in [3.8, 4) is 6.07 Å². The van der Waals surface area contributed by atoms with Crippen LogP contribution < -0.4 is 10.6 Å². The highest BCUT2D eigenvalue weighted by atomic mass is 32.1. The van der Waals surface area contributed by atoms with Crippen LogP contribution in [0.5, 0.6) is 0 Å². The molecule has 1 aliphatic rings. The predicted octanol–water partition coefficient (Wildman–Crippen LogP) is 3.43. The average Bonchev–Trinajstić information content (AvgIpc) is 3.12. The SMILES string of the molecule is CC(C)C(NC(=O)c1ccccc1)C(=O)OCC(=O)Nc1sc2c(c1C#N)CCCC2. The third kappa shape index (κ3) is 5.50. The number of ether oxygens (including phenoxy) is 1. The van der Waals surface area contributed by atoms with Crippen LogP contribution in [0.15, 0.2) is 30.3 Å². The summed E-state index contributed by atoms with van der Waals surface area (Å²) < 4.78 is 5.17. The first-order chi connectivity index (χ1) is 14.9. The van der Waals surface area contributed by atoms with Gasteiger partial charge in [-0.05, 0) is 49.3 Å². The molecule has 3 rings (SSSR count). The first-order valence-corrected chi connectivity index (χ1v) is 11.1. The molecule has 8 heteroatoms. The Morgan fingerprint density at radius 3 is 2.55 bits per heavy atom. The van der Waals surface area contributed by atoms with Crippen molar-refractivity contribution in [3.63, 3.8) is 0 Å². The largest absolute Gasteiger partial charge is 0.454 e. The number of hydrogen-bond acceptors (Lipinski definition) is 6. The molecular formula is C23H25N3O4S. The van der Waals surface area contributed by atoms with Gasteiger partial charge in [-0.25, -0.2) is 4.79 Å². The number of esters is 1. The molecule has 7 nitrogen and oxygen atoms in total. The van der Waals surface area contributed by atoms with Crippen LogP contribution in [0.4, 0.5) is 5.00 Å². The van der Waals surface area contributed by atoms with Crippen LogP contribution in [0, 0.1) is 17.2 Å². The molecule has 0 saturated heterocycles. The fraction of sp³-hybridized carbons (Fsp3) is 0.391. The second kappa shape index (κ2) is 10.2. The third-order valence-corrected chi connectivity index (χ3v) is 6.33. The fourth-order valence-electron chi connectivity index (χ4n) is 3.47. The van der Waals surface area contributed by atoms with E-state index in [-0.39, 0.29) is 11.8 Å². The zero-order valence-corrected chi connectivity index (χ0v) is 18.4. The van der Waals surface area contributed by atoms with Crippen molar-refractivity contribution in [2.75, 3.05) is 11.9 Å². The lowest BCUT2D eigenvalue weighted by molar-refractivity contribution is -0.150. The molecule has 1 unspecified atom stereocenters. The van der Waals surface area contributed by atoms with E-state index < -0.39 is 24.5 Å². The summed E-state index contributed by atoms with van der Waals surface area (Å²) in [6, 6.07) is 9.87. The number of hydrogen-bond donors (Lipinski definition) is 2. The summed E-state index contributed by atoms with van der Waals surface area (Å²) in [5, 5.41) is 15.4. The van der Waals surface area contributed by atoms with Crippen LogP contribution in [-0.2, 0) is 27.2 Å². The van der Waals surface area contributed by atoms with Crippen molar-refractivity contribution >= 4 is 34.1 Å². The molecule has 0 fully saturated rings. The van der Waals surface area contributed by atoms with Gasteiger partial charge >= 0.3 is 5.97 Å². The monoisotopic (exact) mass is 439 g/mol. The van der Waals surface area contributed by atoms with E-state index in [0.29, 0.717) is 16.1 Å². The summed E-state index contributed by atoms with van der Waals surface area (Å²) >= 11 is 1.41. The Hall–Kier alpha value is -3.18. The summed E-state index contributed by atoms with van der Waals surface area (Å²) in [5.41, 5.74) is 1.97. The highest BCUT2D eigenvalue weighted by Gasteiger charge is 2.27. The lowest BCUT2D eigenvalue weighted by atomic mass is 9.96. The number of carbonyl (C=O) groups excluding carboxylic acids is 3. The molecule has 0 spiro atoms. The van der Waals surface area contributed by atoms with E-state index in [9.17, 15) is 19.6 Å². The highest BCUT2D eigenvalue weighted by molar-refractivity contribution is 7.16. The van der Waals surface area contributed by atoms with Crippen molar-refractivity contribution in [1.82, 2.24) is 5.32 Å². The lowest BCUT2D eigenvalue weighted by Gasteiger charge is -2.20. The van der Waals surface area contributed by atoms with Crippen LogP contribution in [-0.4, -0.2) is 30.4 Å². The number of thiophene rings is 1. The summed E-state index contributed by atoms with van der Waals surface area (Å²) in [6.07, 6.45) is 3.87. The maximum Gasteiger partial charge on any atom is 0.329 e. The molecule has 1 aromatic heterocycles. The van der Waals surface area contributed by atoms with Crippen molar-refractivity contribution in [2.24, 2.45) is 5.92 Å². The molecule has 1 heterocycles. The van der Waals surface area contributed by atoms with Gasteiger partial charge in [0.25, 0.3) is 11.8 Å². The number of amides is 2. The molecule has 0 radical (unpaired) electrons. The van der Waals surface area contributed by atoms with E-state index in [4.69, 9.17) is 4.74 Å². The Kier molecular flexibility index (Phi) is 7.42. The summed E-state index contributed by atoms with van der Waals surface area (Å²) in [7, 11) is 0. The van der Waals surface area contributed by atoms with Crippen LogP contribution in [0.3, 0.4) is 0 Å². The third-order valence-electron chi connectivity index (χ3n) is 5.12. The van der Waals surface area contributed by atoms with E-state index in [1.54, 1.807) is 44.2 Å². The van der Waals surface area contributed by atoms with Gasteiger partial charge < -0.3 is 15.4 Å². The van der Waals surface area contributed by atoms with Crippen LogP contribution >= 0.6 is 11.3 Å². The molecule has 2 amide bonds. The second-order valence-corrected chi connectivity index (χ2v) is 8.85. The van der Waals surface area contributed by atoms with Crippen molar-refractivity contribution in [1.29, 1.82) is 5.26 Å².